The molecule has 116 valence electrons. The summed E-state index contributed by atoms with van der Waals surface area (Å²) in [7, 11) is 0. The predicted molar refractivity (Wildman–Crippen MR) is 78.7 cm³/mol. The molecule has 0 bridgehead atoms. The van der Waals surface area contributed by atoms with Crippen LogP contribution in [0.15, 0.2) is 30.9 Å². The molecular weight excluding hydrogens is 274 g/mol. The Morgan fingerprint density at radius 1 is 1.33 bits per heavy atom. The van der Waals surface area contributed by atoms with Gasteiger partial charge in [-0.15, -0.1) is 6.58 Å². The normalized spacial score (nSPS) is 22.8. The Balaban J connectivity index is 2.05. The zero-order valence-corrected chi connectivity index (χ0v) is 12.3. The van der Waals surface area contributed by atoms with Crippen LogP contribution in [0.25, 0.3) is 0 Å². The van der Waals surface area contributed by atoms with Crippen LogP contribution in [-0.2, 0) is 6.42 Å². The average Bonchev–Trinajstić information content (AvgIpc) is 2.49. The van der Waals surface area contributed by atoms with E-state index in [4.69, 9.17) is 4.74 Å². The van der Waals surface area contributed by atoms with Crippen LogP contribution < -0.4 is 4.74 Å². The van der Waals surface area contributed by atoms with Crippen LogP contribution in [0.5, 0.6) is 11.5 Å². The van der Waals surface area contributed by atoms with E-state index < -0.39 is 12.0 Å². The first-order valence-electron chi connectivity index (χ1n) is 7.47. The smallest absolute Gasteiger partial charge is 0.400 e. The van der Waals surface area contributed by atoms with Crippen LogP contribution in [0, 0.1) is 11.8 Å². The fourth-order valence-electron chi connectivity index (χ4n) is 2.84. The minimum absolute atomic E-state index is 0.111. The maximum atomic E-state index is 14.3. The lowest BCUT2D eigenvalue weighted by atomic mass is 9.81. The van der Waals surface area contributed by atoms with E-state index in [2.05, 4.69) is 6.58 Å². The topological polar surface area (TPSA) is 29.5 Å². The molecule has 1 N–H and O–H groups in total. The molecule has 1 aliphatic rings. The number of halogens is 2. The molecular formula is C17H22F2O2. The summed E-state index contributed by atoms with van der Waals surface area (Å²) >= 11 is 0. The van der Waals surface area contributed by atoms with Crippen molar-refractivity contribution >= 4 is 0 Å². The van der Waals surface area contributed by atoms with Gasteiger partial charge in [0.05, 0.1) is 5.92 Å². The van der Waals surface area contributed by atoms with E-state index in [0.717, 1.165) is 12.8 Å². The highest BCUT2D eigenvalue weighted by Crippen LogP contribution is 2.40. The summed E-state index contributed by atoms with van der Waals surface area (Å²) in [4.78, 5) is 0. The van der Waals surface area contributed by atoms with Crippen LogP contribution in [-0.4, -0.2) is 11.2 Å². The molecule has 2 rings (SSSR count). The van der Waals surface area contributed by atoms with Gasteiger partial charge in [0.2, 0.25) is 0 Å². The van der Waals surface area contributed by atoms with Gasteiger partial charge in [-0.2, -0.15) is 8.78 Å². The van der Waals surface area contributed by atoms with Crippen molar-refractivity contribution in [1.82, 2.24) is 0 Å². The summed E-state index contributed by atoms with van der Waals surface area (Å²) in [5.41, 5.74) is 0.610. The molecule has 1 aromatic carbocycles. The maximum absolute atomic E-state index is 14.3. The first-order valence-corrected chi connectivity index (χ1v) is 7.47. The number of hydrogen-bond acceptors (Lipinski definition) is 2. The molecule has 1 aliphatic carbocycles. The predicted octanol–water partition coefficient (Wildman–Crippen LogP) is 4.92. The molecule has 4 heteroatoms. The Labute approximate surface area is 124 Å². The van der Waals surface area contributed by atoms with Crippen molar-refractivity contribution in [3.63, 3.8) is 0 Å². The lowest BCUT2D eigenvalue weighted by Gasteiger charge is -2.32. The fraction of sp³-hybridized carbons (Fsp3) is 0.529. The van der Waals surface area contributed by atoms with Gasteiger partial charge in [-0.3, -0.25) is 0 Å². The van der Waals surface area contributed by atoms with Crippen molar-refractivity contribution in [2.45, 2.75) is 45.1 Å². The highest BCUT2D eigenvalue weighted by Gasteiger charge is 2.43. The number of allylic oxidation sites excluding steroid dienone is 1. The van der Waals surface area contributed by atoms with Gasteiger partial charge < -0.3 is 9.84 Å². The summed E-state index contributed by atoms with van der Waals surface area (Å²) in [5, 5.41) is 9.59. The van der Waals surface area contributed by atoms with Crippen molar-refractivity contribution in [1.29, 1.82) is 0 Å². The third kappa shape index (κ3) is 3.74. The summed E-state index contributed by atoms with van der Waals surface area (Å²) in [5.74, 6) is -0.190. The molecule has 2 nitrogen and oxygen atoms in total. The van der Waals surface area contributed by atoms with E-state index >= 15 is 0 Å². The monoisotopic (exact) mass is 296 g/mol. The molecule has 0 radical (unpaired) electrons. The fourth-order valence-corrected chi connectivity index (χ4v) is 2.84. The Hall–Kier alpha value is -1.58. The van der Waals surface area contributed by atoms with Gasteiger partial charge in [0, 0.05) is 0 Å². The van der Waals surface area contributed by atoms with Crippen LogP contribution in [0.2, 0.25) is 0 Å². The van der Waals surface area contributed by atoms with E-state index in [9.17, 15) is 13.9 Å². The van der Waals surface area contributed by atoms with Crippen LogP contribution in [0.3, 0.4) is 0 Å². The van der Waals surface area contributed by atoms with Crippen molar-refractivity contribution in [2.24, 2.45) is 11.8 Å². The summed E-state index contributed by atoms with van der Waals surface area (Å²) in [6.07, 6.45) is 1.62. The lowest BCUT2D eigenvalue weighted by molar-refractivity contribution is -0.223. The molecule has 1 aromatic rings. The molecule has 0 aliphatic heterocycles. The van der Waals surface area contributed by atoms with Crippen molar-refractivity contribution in [3.05, 3.63) is 36.4 Å². The molecule has 1 fully saturated rings. The van der Waals surface area contributed by atoms with Crippen molar-refractivity contribution < 1.29 is 18.6 Å². The Morgan fingerprint density at radius 3 is 2.57 bits per heavy atom. The average molecular weight is 296 g/mol. The molecule has 1 saturated carbocycles. The highest BCUT2D eigenvalue weighted by atomic mass is 19.3. The minimum atomic E-state index is -3.17. The largest absolute Gasteiger partial charge is 0.508 e. The van der Waals surface area contributed by atoms with Crippen molar-refractivity contribution in [2.75, 3.05) is 0 Å². The molecule has 0 atom stereocenters. The van der Waals surface area contributed by atoms with Crippen LogP contribution >= 0.6 is 0 Å². The van der Waals surface area contributed by atoms with E-state index in [1.54, 1.807) is 0 Å². The van der Waals surface area contributed by atoms with E-state index in [1.807, 2.05) is 13.0 Å². The molecule has 0 aromatic heterocycles. The summed E-state index contributed by atoms with van der Waals surface area (Å²) in [6.45, 7) is 5.58. The molecule has 0 amide bonds. The van der Waals surface area contributed by atoms with E-state index in [1.165, 1.54) is 18.2 Å². The first-order chi connectivity index (χ1) is 9.96. The second kappa shape index (κ2) is 6.46. The van der Waals surface area contributed by atoms with Gasteiger partial charge in [0.1, 0.15) is 11.5 Å². The Bertz CT molecular complexity index is 492. The molecule has 0 saturated heterocycles. The number of aryl methyl sites for hydroxylation is 1. The first kappa shape index (κ1) is 15.8. The Morgan fingerprint density at radius 2 is 2.00 bits per heavy atom. The van der Waals surface area contributed by atoms with Crippen LogP contribution in [0.4, 0.5) is 8.78 Å². The third-order valence-electron chi connectivity index (χ3n) is 4.27. The van der Waals surface area contributed by atoms with Crippen molar-refractivity contribution in [3.8, 4) is 11.5 Å². The standard InChI is InChI=1S/C17H22F2O2/c1-3-12-5-7-14(8-6-12)17(18,19)21-15-9-10-16(20)13(4-2)11-15/h3,9-12,14,20H,1,4-8H2,2H3. The van der Waals surface area contributed by atoms with Gasteiger partial charge in [-0.25, -0.2) is 0 Å². The van der Waals surface area contributed by atoms with Gasteiger partial charge in [-0.1, -0.05) is 13.0 Å². The van der Waals surface area contributed by atoms with Gasteiger partial charge in [0.25, 0.3) is 0 Å². The zero-order chi connectivity index (χ0) is 15.5. The van der Waals surface area contributed by atoms with Gasteiger partial charge >= 0.3 is 6.11 Å². The number of ether oxygens (including phenoxy) is 1. The van der Waals surface area contributed by atoms with E-state index in [-0.39, 0.29) is 11.5 Å². The third-order valence-corrected chi connectivity index (χ3v) is 4.27. The molecule has 0 unspecified atom stereocenters. The second-order valence-corrected chi connectivity index (χ2v) is 5.66. The quantitative estimate of drug-likeness (QED) is 0.782. The van der Waals surface area contributed by atoms with Gasteiger partial charge in [-0.05, 0) is 61.8 Å². The summed E-state index contributed by atoms with van der Waals surface area (Å²) in [6, 6.07) is 4.27. The SMILES string of the molecule is C=CC1CCC(C(F)(F)Oc2ccc(O)c(CC)c2)CC1. The number of phenolic OH excluding ortho intramolecular Hbond substituents is 1. The Kier molecular flexibility index (Phi) is 4.86. The summed E-state index contributed by atoms with van der Waals surface area (Å²) < 4.78 is 33.4. The number of aromatic hydroxyl groups is 1. The number of benzene rings is 1. The number of hydrogen-bond donors (Lipinski definition) is 1. The van der Waals surface area contributed by atoms with Gasteiger partial charge in [0.15, 0.2) is 0 Å². The van der Waals surface area contributed by atoms with E-state index in [0.29, 0.717) is 30.7 Å². The number of phenols is 1. The maximum Gasteiger partial charge on any atom is 0.400 e. The molecule has 0 spiro atoms. The minimum Gasteiger partial charge on any atom is -0.508 e. The number of rotatable bonds is 5. The zero-order valence-electron chi connectivity index (χ0n) is 12.3. The van der Waals surface area contributed by atoms with Crippen LogP contribution in [0.1, 0.15) is 38.2 Å². The highest BCUT2D eigenvalue weighted by molar-refractivity contribution is 5.39. The molecule has 0 heterocycles. The number of alkyl halides is 2. The molecule has 21 heavy (non-hydrogen) atoms. The second-order valence-electron chi connectivity index (χ2n) is 5.66. The lowest BCUT2D eigenvalue weighted by Crippen LogP contribution is -2.37.